The molecule has 2 aromatic rings. The minimum absolute atomic E-state index is 0.263. The van der Waals surface area contributed by atoms with Crippen molar-refractivity contribution in [3.63, 3.8) is 0 Å². The van der Waals surface area contributed by atoms with Crippen molar-refractivity contribution in [3.8, 4) is 0 Å². The first kappa shape index (κ1) is 11.9. The molecule has 16 heavy (non-hydrogen) atoms. The molecule has 2 rings (SSSR count). The van der Waals surface area contributed by atoms with Gasteiger partial charge in [0.25, 0.3) is 10.0 Å². The largest absolute Gasteiger partial charge is 0.268 e. The van der Waals surface area contributed by atoms with E-state index in [1.807, 2.05) is 0 Å². The first-order valence-corrected chi connectivity index (χ1v) is 7.38. The highest BCUT2D eigenvalue weighted by Crippen LogP contribution is 2.24. The Kier molecular flexibility index (Phi) is 3.23. The number of hydrogen-bond acceptors (Lipinski definition) is 2. The monoisotopic (exact) mass is 363 g/mol. The van der Waals surface area contributed by atoms with E-state index < -0.39 is 10.0 Å². The van der Waals surface area contributed by atoms with Gasteiger partial charge in [-0.25, -0.2) is 12.4 Å². The van der Waals surface area contributed by atoms with Gasteiger partial charge in [0.05, 0.1) is 4.90 Å². The molecule has 0 aliphatic rings. The van der Waals surface area contributed by atoms with Crippen molar-refractivity contribution >= 4 is 41.9 Å². The molecule has 0 aliphatic carbocycles. The molecule has 0 spiro atoms. The molecule has 0 aliphatic heterocycles. The first-order valence-electron chi connectivity index (χ1n) is 4.36. The van der Waals surface area contributed by atoms with Crippen LogP contribution in [0.1, 0.15) is 0 Å². The van der Waals surface area contributed by atoms with Crippen LogP contribution in [0, 0.1) is 0 Å². The average Bonchev–Trinajstić information content (AvgIpc) is 2.60. The summed E-state index contributed by atoms with van der Waals surface area (Å²) >= 11 is 6.44. The summed E-state index contributed by atoms with van der Waals surface area (Å²) in [5, 5.41) is 0. The lowest BCUT2D eigenvalue weighted by Crippen LogP contribution is -2.11. The maximum atomic E-state index is 12.2. The molecule has 0 N–H and O–H groups in total. The Morgan fingerprint density at radius 3 is 2.19 bits per heavy atom. The van der Waals surface area contributed by atoms with Crippen LogP contribution in [0.2, 0.25) is 0 Å². The molecule has 0 saturated heterocycles. The molecule has 0 atom stereocenters. The maximum Gasteiger partial charge on any atom is 0.268 e. The number of nitrogens with zero attached hydrogens (tertiary/aromatic N) is 1. The van der Waals surface area contributed by atoms with Crippen molar-refractivity contribution in [1.82, 2.24) is 3.97 Å². The van der Waals surface area contributed by atoms with Crippen molar-refractivity contribution < 1.29 is 8.42 Å². The summed E-state index contributed by atoms with van der Waals surface area (Å²) < 4.78 is 26.7. The van der Waals surface area contributed by atoms with E-state index in [0.29, 0.717) is 9.08 Å². The molecule has 0 fully saturated rings. The predicted molar refractivity (Wildman–Crippen MR) is 68.9 cm³/mol. The van der Waals surface area contributed by atoms with Gasteiger partial charge in [0.2, 0.25) is 0 Å². The Morgan fingerprint density at radius 2 is 1.69 bits per heavy atom. The standard InChI is InChI=1S/C10H7Br2NO2S/c11-8-6-10(12)13(7-8)16(14,15)9-4-2-1-3-5-9/h1-7H. The van der Waals surface area contributed by atoms with E-state index in [0.717, 1.165) is 0 Å². The average molecular weight is 365 g/mol. The smallest absolute Gasteiger partial charge is 0.234 e. The minimum atomic E-state index is -3.51. The Hall–Kier alpha value is -0.590. The van der Waals surface area contributed by atoms with Gasteiger partial charge in [-0.1, -0.05) is 18.2 Å². The van der Waals surface area contributed by atoms with Gasteiger partial charge in [0, 0.05) is 10.7 Å². The molecular formula is C10H7Br2NO2S. The van der Waals surface area contributed by atoms with Crippen molar-refractivity contribution in [2.45, 2.75) is 4.90 Å². The van der Waals surface area contributed by atoms with Crippen LogP contribution in [0.5, 0.6) is 0 Å². The van der Waals surface area contributed by atoms with Gasteiger partial charge >= 0.3 is 0 Å². The third-order valence-corrected chi connectivity index (χ3v) is 4.98. The number of halogens is 2. The van der Waals surface area contributed by atoms with Crippen LogP contribution in [0.25, 0.3) is 0 Å². The molecule has 0 radical (unpaired) electrons. The second kappa shape index (κ2) is 4.35. The Morgan fingerprint density at radius 1 is 1.06 bits per heavy atom. The summed E-state index contributed by atoms with van der Waals surface area (Å²) in [5.74, 6) is 0. The first-order chi connectivity index (χ1) is 7.51. The Balaban J connectivity index is 2.61. The summed E-state index contributed by atoms with van der Waals surface area (Å²) in [7, 11) is -3.51. The fourth-order valence-electron chi connectivity index (χ4n) is 1.28. The predicted octanol–water partition coefficient (Wildman–Crippen LogP) is 3.25. The number of aromatic nitrogens is 1. The number of hydrogen-bond donors (Lipinski definition) is 0. The molecule has 0 saturated carbocycles. The van der Waals surface area contributed by atoms with E-state index in [-0.39, 0.29) is 4.90 Å². The van der Waals surface area contributed by atoms with Crippen LogP contribution >= 0.6 is 31.9 Å². The van der Waals surface area contributed by atoms with Gasteiger partial charge in [-0.2, -0.15) is 0 Å². The van der Waals surface area contributed by atoms with Crippen LogP contribution in [0.3, 0.4) is 0 Å². The second-order valence-electron chi connectivity index (χ2n) is 3.09. The molecule has 84 valence electrons. The molecule has 1 aromatic carbocycles. The molecule has 6 heteroatoms. The molecule has 1 heterocycles. The van der Waals surface area contributed by atoms with E-state index in [1.165, 1.54) is 10.2 Å². The molecule has 1 aromatic heterocycles. The van der Waals surface area contributed by atoms with E-state index in [2.05, 4.69) is 31.9 Å². The van der Waals surface area contributed by atoms with Crippen LogP contribution in [0.4, 0.5) is 0 Å². The van der Waals surface area contributed by atoms with Crippen molar-refractivity contribution in [2.24, 2.45) is 0 Å². The lowest BCUT2D eigenvalue weighted by Gasteiger charge is -2.06. The van der Waals surface area contributed by atoms with Crippen molar-refractivity contribution in [2.75, 3.05) is 0 Å². The lowest BCUT2D eigenvalue weighted by molar-refractivity contribution is 0.586. The summed E-state index contributed by atoms with van der Waals surface area (Å²) in [5.41, 5.74) is 0. The fraction of sp³-hybridized carbons (Fsp3) is 0. The summed E-state index contributed by atoms with van der Waals surface area (Å²) in [6.45, 7) is 0. The van der Waals surface area contributed by atoms with E-state index in [1.54, 1.807) is 36.4 Å². The Bertz CT molecular complexity index is 605. The van der Waals surface area contributed by atoms with Crippen molar-refractivity contribution in [3.05, 3.63) is 51.7 Å². The summed E-state index contributed by atoms with van der Waals surface area (Å²) in [4.78, 5) is 0.263. The fourth-order valence-corrected chi connectivity index (χ4v) is 4.33. The third-order valence-electron chi connectivity index (χ3n) is 2.01. The minimum Gasteiger partial charge on any atom is -0.234 e. The normalized spacial score (nSPS) is 11.6. The zero-order valence-electron chi connectivity index (χ0n) is 7.97. The van der Waals surface area contributed by atoms with Crippen molar-refractivity contribution in [1.29, 1.82) is 0 Å². The van der Waals surface area contributed by atoms with Gasteiger partial charge < -0.3 is 0 Å². The summed E-state index contributed by atoms with van der Waals surface area (Å²) in [6.07, 6.45) is 1.51. The second-order valence-corrected chi connectivity index (χ2v) is 6.64. The molecule has 3 nitrogen and oxygen atoms in total. The van der Waals surface area contributed by atoms with Gasteiger partial charge in [-0.3, -0.25) is 0 Å². The molecule has 0 unspecified atom stereocenters. The highest BCUT2D eigenvalue weighted by atomic mass is 79.9. The topological polar surface area (TPSA) is 39.1 Å². The summed E-state index contributed by atoms with van der Waals surface area (Å²) in [6, 6.07) is 9.98. The van der Waals surface area contributed by atoms with Crippen LogP contribution in [-0.2, 0) is 10.0 Å². The number of rotatable bonds is 2. The third kappa shape index (κ3) is 2.09. The van der Waals surface area contributed by atoms with Crippen LogP contribution < -0.4 is 0 Å². The molecule has 0 bridgehead atoms. The zero-order chi connectivity index (χ0) is 11.8. The van der Waals surface area contributed by atoms with Crippen LogP contribution in [0.15, 0.2) is 56.6 Å². The highest BCUT2D eigenvalue weighted by molar-refractivity contribution is 9.11. The van der Waals surface area contributed by atoms with Crippen LogP contribution in [-0.4, -0.2) is 12.4 Å². The van der Waals surface area contributed by atoms with E-state index in [4.69, 9.17) is 0 Å². The van der Waals surface area contributed by atoms with Gasteiger partial charge in [-0.15, -0.1) is 0 Å². The lowest BCUT2D eigenvalue weighted by atomic mass is 10.4. The number of benzene rings is 1. The van der Waals surface area contributed by atoms with Gasteiger partial charge in [-0.05, 0) is 50.1 Å². The van der Waals surface area contributed by atoms with E-state index in [9.17, 15) is 8.42 Å². The highest BCUT2D eigenvalue weighted by Gasteiger charge is 2.18. The van der Waals surface area contributed by atoms with Gasteiger partial charge in [0.1, 0.15) is 4.60 Å². The molecule has 0 amide bonds. The quantitative estimate of drug-likeness (QED) is 0.820. The Labute approximate surface area is 110 Å². The zero-order valence-corrected chi connectivity index (χ0v) is 12.0. The molecular weight excluding hydrogens is 358 g/mol. The van der Waals surface area contributed by atoms with E-state index >= 15 is 0 Å². The maximum absolute atomic E-state index is 12.2. The van der Waals surface area contributed by atoms with Gasteiger partial charge in [0.15, 0.2) is 0 Å². The SMILES string of the molecule is O=S(=O)(c1ccccc1)n1cc(Br)cc1Br.